The molecule has 0 saturated carbocycles. The molecule has 1 fully saturated rings. The second kappa shape index (κ2) is 10.1. The van der Waals surface area contributed by atoms with Crippen LogP contribution in [0, 0.1) is 0 Å². The molecule has 0 amide bonds. The highest BCUT2D eigenvalue weighted by Crippen LogP contribution is 2.32. The van der Waals surface area contributed by atoms with Gasteiger partial charge in [0.15, 0.2) is 5.13 Å². The third-order valence-electron chi connectivity index (χ3n) is 5.41. The van der Waals surface area contributed by atoms with Crippen molar-refractivity contribution in [2.45, 2.75) is 11.3 Å². The number of methoxy groups -OCH3 is 2. The first-order valence-corrected chi connectivity index (χ1v) is 13.2. The van der Waals surface area contributed by atoms with E-state index in [2.05, 4.69) is 4.90 Å². The van der Waals surface area contributed by atoms with E-state index in [1.807, 2.05) is 17.5 Å². The molecule has 0 N–H and O–H groups in total. The van der Waals surface area contributed by atoms with Crippen molar-refractivity contribution in [2.24, 2.45) is 0 Å². The number of hydrogen-bond acceptors (Lipinski definition) is 7. The zero-order valence-electron chi connectivity index (χ0n) is 18.1. The molecule has 0 radical (unpaired) electrons. The molecule has 0 bridgehead atoms. The highest BCUT2D eigenvalue weighted by molar-refractivity contribution is 7.89. The van der Waals surface area contributed by atoms with Crippen LogP contribution in [-0.4, -0.2) is 58.1 Å². The summed E-state index contributed by atoms with van der Waals surface area (Å²) in [5, 5.41) is 3.94. The van der Waals surface area contributed by atoms with Crippen LogP contribution >= 0.6 is 34.5 Å². The number of thiazole rings is 1. The molecule has 1 saturated heterocycles. The van der Waals surface area contributed by atoms with Gasteiger partial charge in [0.2, 0.25) is 10.0 Å². The fourth-order valence-electron chi connectivity index (χ4n) is 3.63. The molecule has 0 unspecified atom stereocenters. The van der Waals surface area contributed by atoms with Crippen molar-refractivity contribution in [3.63, 3.8) is 0 Å². The summed E-state index contributed by atoms with van der Waals surface area (Å²) in [5.74, 6) is 0.760. The maximum atomic E-state index is 13.3. The molecule has 0 atom stereocenters. The average Bonchev–Trinajstić information content (AvgIpc) is 3.29. The van der Waals surface area contributed by atoms with Crippen LogP contribution in [0.3, 0.4) is 0 Å². The van der Waals surface area contributed by atoms with E-state index in [0.717, 1.165) is 16.4 Å². The number of aromatic nitrogens is 1. The molecule has 1 aromatic heterocycles. The van der Waals surface area contributed by atoms with Crippen LogP contribution in [0.4, 0.5) is 5.13 Å². The second-order valence-corrected chi connectivity index (χ2v) is 11.0. The Morgan fingerprint density at radius 1 is 1.00 bits per heavy atom. The number of sulfonamides is 1. The first-order chi connectivity index (χ1) is 15.8. The first-order valence-electron chi connectivity index (χ1n) is 10.2. The third-order valence-corrected chi connectivity index (χ3v) is 9.02. The van der Waals surface area contributed by atoms with Crippen molar-refractivity contribution >= 4 is 49.7 Å². The van der Waals surface area contributed by atoms with Crippen LogP contribution in [0.15, 0.2) is 46.7 Å². The van der Waals surface area contributed by atoms with Crippen LogP contribution in [0.5, 0.6) is 11.5 Å². The van der Waals surface area contributed by atoms with Crippen molar-refractivity contribution in [1.29, 1.82) is 0 Å². The van der Waals surface area contributed by atoms with Gasteiger partial charge in [-0.25, -0.2) is 13.4 Å². The fourth-order valence-corrected chi connectivity index (χ4v) is 6.42. The maximum Gasteiger partial charge on any atom is 0.247 e. The van der Waals surface area contributed by atoms with Gasteiger partial charge in [0.05, 0.1) is 30.0 Å². The lowest BCUT2D eigenvalue weighted by Crippen LogP contribution is -2.48. The molecule has 1 aliphatic rings. The largest absolute Gasteiger partial charge is 0.497 e. The van der Waals surface area contributed by atoms with Gasteiger partial charge in [0.1, 0.15) is 16.4 Å². The minimum Gasteiger partial charge on any atom is -0.497 e. The Kier molecular flexibility index (Phi) is 7.35. The SMILES string of the molecule is COc1ccc(OC)c(S(=O)(=O)N2CCN(c3nc(Cc4ccc(Cl)c(Cl)c4)cs3)CC2)c1. The Balaban J connectivity index is 1.43. The van der Waals surface area contributed by atoms with Gasteiger partial charge in [0, 0.05) is 44.0 Å². The summed E-state index contributed by atoms with van der Waals surface area (Å²) in [6, 6.07) is 10.3. The summed E-state index contributed by atoms with van der Waals surface area (Å²) in [4.78, 5) is 6.96. The number of benzene rings is 2. The number of halogens is 2. The molecule has 176 valence electrons. The van der Waals surface area contributed by atoms with Gasteiger partial charge < -0.3 is 14.4 Å². The summed E-state index contributed by atoms with van der Waals surface area (Å²) >= 11 is 13.7. The third kappa shape index (κ3) is 5.22. The van der Waals surface area contributed by atoms with E-state index in [9.17, 15) is 8.42 Å². The van der Waals surface area contributed by atoms with Crippen molar-refractivity contribution in [2.75, 3.05) is 45.3 Å². The molecule has 1 aliphatic heterocycles. The summed E-state index contributed by atoms with van der Waals surface area (Å²) in [6.45, 7) is 1.80. The highest BCUT2D eigenvalue weighted by atomic mass is 35.5. The topological polar surface area (TPSA) is 72.0 Å². The van der Waals surface area contributed by atoms with Crippen LogP contribution in [0.25, 0.3) is 0 Å². The van der Waals surface area contributed by atoms with E-state index < -0.39 is 10.0 Å². The smallest absolute Gasteiger partial charge is 0.247 e. The van der Waals surface area contributed by atoms with Crippen LogP contribution < -0.4 is 14.4 Å². The molecule has 11 heteroatoms. The van der Waals surface area contributed by atoms with E-state index in [4.69, 9.17) is 37.7 Å². The van der Waals surface area contributed by atoms with E-state index in [1.165, 1.54) is 24.6 Å². The zero-order valence-corrected chi connectivity index (χ0v) is 21.3. The number of piperazine rings is 1. The fraction of sp³-hybridized carbons (Fsp3) is 0.318. The van der Waals surface area contributed by atoms with Crippen molar-refractivity contribution in [3.8, 4) is 11.5 Å². The molecule has 7 nitrogen and oxygen atoms in total. The molecule has 2 aromatic carbocycles. The van der Waals surface area contributed by atoms with E-state index >= 15 is 0 Å². The maximum absolute atomic E-state index is 13.3. The average molecular weight is 528 g/mol. The van der Waals surface area contributed by atoms with Crippen molar-refractivity contribution in [1.82, 2.24) is 9.29 Å². The van der Waals surface area contributed by atoms with Crippen LogP contribution in [0.1, 0.15) is 11.3 Å². The Bertz CT molecular complexity index is 1240. The van der Waals surface area contributed by atoms with Crippen LogP contribution in [-0.2, 0) is 16.4 Å². The minimum absolute atomic E-state index is 0.107. The summed E-state index contributed by atoms with van der Waals surface area (Å²) in [7, 11) is -0.769. The van der Waals surface area contributed by atoms with Crippen molar-refractivity contribution < 1.29 is 17.9 Å². The number of ether oxygens (including phenoxy) is 2. The molecule has 4 rings (SSSR count). The second-order valence-electron chi connectivity index (χ2n) is 7.45. The molecular weight excluding hydrogens is 505 g/mol. The van der Waals surface area contributed by atoms with Gasteiger partial charge in [-0.3, -0.25) is 0 Å². The van der Waals surface area contributed by atoms with Gasteiger partial charge in [-0.15, -0.1) is 11.3 Å². The number of anilines is 1. The Labute approximate surface area is 207 Å². The van der Waals surface area contributed by atoms with Gasteiger partial charge in [-0.1, -0.05) is 29.3 Å². The van der Waals surface area contributed by atoms with Crippen LogP contribution in [0.2, 0.25) is 10.0 Å². The monoisotopic (exact) mass is 527 g/mol. The molecule has 0 aliphatic carbocycles. The summed E-state index contributed by atoms with van der Waals surface area (Å²) in [5.41, 5.74) is 1.97. The Morgan fingerprint density at radius 3 is 2.42 bits per heavy atom. The van der Waals surface area contributed by atoms with E-state index in [1.54, 1.807) is 29.5 Å². The molecular formula is C22H23Cl2N3O4S2. The number of rotatable bonds is 7. The normalized spacial score (nSPS) is 15.0. The number of nitrogens with zero attached hydrogens (tertiary/aromatic N) is 3. The standard InChI is InChI=1S/C22H23Cl2N3O4S2/c1-30-17-4-6-20(31-2)21(13-17)33(28,29)27-9-7-26(8-10-27)22-25-16(14-32-22)11-15-3-5-18(23)19(24)12-15/h3-6,12-14H,7-11H2,1-2H3. The summed E-state index contributed by atoms with van der Waals surface area (Å²) < 4.78 is 38.5. The van der Waals surface area contributed by atoms with Gasteiger partial charge in [-0.2, -0.15) is 4.31 Å². The Hall–Kier alpha value is -2.04. The minimum atomic E-state index is -3.72. The Morgan fingerprint density at radius 2 is 1.76 bits per heavy atom. The lowest BCUT2D eigenvalue weighted by atomic mass is 10.1. The predicted molar refractivity (Wildman–Crippen MR) is 132 cm³/mol. The lowest BCUT2D eigenvalue weighted by molar-refractivity contribution is 0.370. The van der Waals surface area contributed by atoms with Gasteiger partial charge in [0.25, 0.3) is 0 Å². The zero-order chi connectivity index (χ0) is 23.6. The lowest BCUT2D eigenvalue weighted by Gasteiger charge is -2.34. The summed E-state index contributed by atoms with van der Waals surface area (Å²) in [6.07, 6.45) is 0.650. The predicted octanol–water partition coefficient (Wildman–Crippen LogP) is 4.57. The number of hydrogen-bond donors (Lipinski definition) is 0. The molecule has 0 spiro atoms. The molecule has 33 heavy (non-hydrogen) atoms. The van der Waals surface area contributed by atoms with Crippen molar-refractivity contribution in [3.05, 3.63) is 63.1 Å². The highest BCUT2D eigenvalue weighted by Gasteiger charge is 2.32. The van der Waals surface area contributed by atoms with Gasteiger partial charge in [-0.05, 0) is 29.8 Å². The van der Waals surface area contributed by atoms with Gasteiger partial charge >= 0.3 is 0 Å². The molecule has 2 heterocycles. The van der Waals surface area contributed by atoms with E-state index in [-0.39, 0.29) is 4.90 Å². The molecule has 3 aromatic rings. The van der Waals surface area contributed by atoms with E-state index in [0.29, 0.717) is 54.1 Å². The first kappa shape index (κ1) is 24.1. The quantitative estimate of drug-likeness (QED) is 0.448.